The van der Waals surface area contributed by atoms with Crippen molar-refractivity contribution in [2.45, 2.75) is 12.5 Å². The molecule has 0 fully saturated rings. The second kappa shape index (κ2) is 7.21. The van der Waals surface area contributed by atoms with E-state index in [2.05, 4.69) is 16.4 Å². The van der Waals surface area contributed by atoms with Gasteiger partial charge in [-0.15, -0.1) is 11.3 Å². The van der Waals surface area contributed by atoms with E-state index in [1.54, 1.807) is 17.4 Å². The van der Waals surface area contributed by atoms with E-state index in [1.807, 2.05) is 47.5 Å². The van der Waals surface area contributed by atoms with E-state index in [1.165, 1.54) is 0 Å². The number of carbonyl (C=O) groups is 1. The van der Waals surface area contributed by atoms with Crippen LogP contribution in [0.1, 0.15) is 5.82 Å². The summed E-state index contributed by atoms with van der Waals surface area (Å²) < 4.78 is 13.3. The fourth-order valence-electron chi connectivity index (χ4n) is 2.84. The molecule has 134 valence electrons. The van der Waals surface area contributed by atoms with Crippen LogP contribution in [0.25, 0.3) is 10.6 Å². The summed E-state index contributed by atoms with van der Waals surface area (Å²) in [5.41, 5.74) is 0.962. The lowest BCUT2D eigenvalue weighted by atomic mass is 10.2. The average molecular weight is 369 g/mol. The number of nitrogens with one attached hydrogen (secondary N) is 1. The number of para-hydroxylation sites is 2. The Balaban J connectivity index is 1.32. The van der Waals surface area contributed by atoms with E-state index in [0.717, 1.165) is 16.4 Å². The van der Waals surface area contributed by atoms with Crippen LogP contribution in [-0.4, -0.2) is 34.7 Å². The fourth-order valence-corrected chi connectivity index (χ4v) is 3.52. The number of carbonyl (C=O) groups excluding carboxylic acids is 1. The van der Waals surface area contributed by atoms with Crippen LogP contribution in [0.15, 0.2) is 48.0 Å². The van der Waals surface area contributed by atoms with Crippen molar-refractivity contribution in [1.29, 1.82) is 0 Å². The molecule has 1 amide bonds. The molecule has 0 spiro atoms. The maximum Gasteiger partial charge on any atom is 0.264 e. The first kappa shape index (κ1) is 16.7. The summed E-state index contributed by atoms with van der Waals surface area (Å²) in [5, 5.41) is 4.94. The van der Waals surface area contributed by atoms with Crippen LogP contribution in [-0.2, 0) is 18.3 Å². The van der Waals surface area contributed by atoms with Crippen LogP contribution in [0.3, 0.4) is 0 Å². The molecular formula is C19H19N3O3S. The first-order valence-electron chi connectivity index (χ1n) is 8.43. The third-order valence-electron chi connectivity index (χ3n) is 4.20. The van der Waals surface area contributed by atoms with Crippen LogP contribution in [0.5, 0.6) is 11.5 Å². The highest BCUT2D eigenvalue weighted by atomic mass is 32.1. The molecule has 1 N–H and O–H groups in total. The quantitative estimate of drug-likeness (QED) is 0.751. The zero-order valence-corrected chi connectivity index (χ0v) is 15.2. The number of rotatable bonds is 5. The first-order chi connectivity index (χ1) is 12.7. The fraction of sp³-hybridized carbons (Fsp3) is 0.263. The number of imidazole rings is 1. The number of hydrogen-bond acceptors (Lipinski definition) is 5. The van der Waals surface area contributed by atoms with Crippen LogP contribution in [0.4, 0.5) is 0 Å². The van der Waals surface area contributed by atoms with Gasteiger partial charge in [-0.2, -0.15) is 0 Å². The Kier molecular flexibility index (Phi) is 4.62. The van der Waals surface area contributed by atoms with Crippen LogP contribution < -0.4 is 14.8 Å². The summed E-state index contributed by atoms with van der Waals surface area (Å²) in [5.74, 6) is 2.03. The maximum atomic E-state index is 12.3. The van der Waals surface area contributed by atoms with E-state index in [4.69, 9.17) is 9.47 Å². The largest absolute Gasteiger partial charge is 0.485 e. The Labute approximate surface area is 155 Å². The maximum absolute atomic E-state index is 12.3. The molecule has 1 aromatic carbocycles. The number of aryl methyl sites for hydroxylation is 1. The molecular weight excluding hydrogens is 350 g/mol. The minimum absolute atomic E-state index is 0.174. The number of benzene rings is 1. The van der Waals surface area contributed by atoms with E-state index in [-0.39, 0.29) is 12.5 Å². The van der Waals surface area contributed by atoms with Gasteiger partial charge < -0.3 is 19.4 Å². The minimum Gasteiger partial charge on any atom is -0.485 e. The Hall–Kier alpha value is -2.80. The van der Waals surface area contributed by atoms with E-state index < -0.39 is 6.10 Å². The van der Waals surface area contributed by atoms with Crippen molar-refractivity contribution in [3.63, 3.8) is 0 Å². The van der Waals surface area contributed by atoms with Gasteiger partial charge in [0.05, 0.1) is 10.6 Å². The highest BCUT2D eigenvalue weighted by Gasteiger charge is 2.26. The van der Waals surface area contributed by atoms with Gasteiger partial charge in [0.15, 0.2) is 11.5 Å². The molecule has 6 nitrogen and oxygen atoms in total. The molecule has 2 aromatic heterocycles. The van der Waals surface area contributed by atoms with Crippen molar-refractivity contribution in [2.75, 3.05) is 13.2 Å². The van der Waals surface area contributed by atoms with Crippen molar-refractivity contribution in [1.82, 2.24) is 14.9 Å². The summed E-state index contributed by atoms with van der Waals surface area (Å²) in [6.07, 6.45) is 2.03. The second-order valence-corrected chi connectivity index (χ2v) is 6.98. The van der Waals surface area contributed by atoms with E-state index in [0.29, 0.717) is 24.5 Å². The predicted molar refractivity (Wildman–Crippen MR) is 99.6 cm³/mol. The monoisotopic (exact) mass is 369 g/mol. The van der Waals surface area contributed by atoms with Gasteiger partial charge in [0.25, 0.3) is 5.91 Å². The lowest BCUT2D eigenvalue weighted by Gasteiger charge is -2.25. The van der Waals surface area contributed by atoms with Crippen molar-refractivity contribution < 1.29 is 14.3 Å². The van der Waals surface area contributed by atoms with E-state index in [9.17, 15) is 4.79 Å². The average Bonchev–Trinajstić information content (AvgIpc) is 3.31. The summed E-state index contributed by atoms with van der Waals surface area (Å²) in [4.78, 5) is 18.1. The normalized spacial score (nSPS) is 15.7. The third-order valence-corrected chi connectivity index (χ3v) is 5.09. The van der Waals surface area contributed by atoms with Crippen molar-refractivity contribution in [2.24, 2.45) is 7.05 Å². The summed E-state index contributed by atoms with van der Waals surface area (Å²) in [7, 11) is 1.97. The minimum atomic E-state index is -0.632. The number of fused-ring (bicyclic) bond motifs is 1. The molecule has 4 rings (SSSR count). The molecule has 0 bridgehead atoms. The van der Waals surface area contributed by atoms with Crippen molar-refractivity contribution >= 4 is 17.2 Å². The van der Waals surface area contributed by atoms with Gasteiger partial charge in [0, 0.05) is 26.2 Å². The Morgan fingerprint density at radius 1 is 1.31 bits per heavy atom. The third kappa shape index (κ3) is 3.43. The molecule has 0 saturated carbocycles. The molecule has 26 heavy (non-hydrogen) atoms. The molecule has 0 aliphatic carbocycles. The molecule has 7 heteroatoms. The standard InChI is InChI=1S/C19H19N3O3S/c1-22-11-13(17-7-4-10-26-17)21-18(22)8-9-20-19(23)16-12-24-14-5-2-3-6-15(14)25-16/h2-7,10-11,16H,8-9,12H2,1H3,(H,20,23). The predicted octanol–water partition coefficient (Wildman–Crippen LogP) is 2.65. The highest BCUT2D eigenvalue weighted by molar-refractivity contribution is 7.13. The lowest BCUT2D eigenvalue weighted by Crippen LogP contribution is -2.44. The molecule has 0 radical (unpaired) electrons. The van der Waals surface area contributed by atoms with Gasteiger partial charge >= 0.3 is 0 Å². The van der Waals surface area contributed by atoms with Crippen molar-refractivity contribution in [3.05, 3.63) is 53.8 Å². The molecule has 3 heterocycles. The van der Waals surface area contributed by atoms with E-state index >= 15 is 0 Å². The zero-order chi connectivity index (χ0) is 17.9. The molecule has 0 saturated heterocycles. The summed E-state index contributed by atoms with van der Waals surface area (Å²) in [6, 6.07) is 11.4. The summed E-state index contributed by atoms with van der Waals surface area (Å²) >= 11 is 1.66. The zero-order valence-electron chi connectivity index (χ0n) is 14.3. The summed E-state index contributed by atoms with van der Waals surface area (Å²) in [6.45, 7) is 0.711. The van der Waals surface area contributed by atoms with Crippen molar-refractivity contribution in [3.8, 4) is 22.1 Å². The van der Waals surface area contributed by atoms with Gasteiger partial charge in [-0.1, -0.05) is 18.2 Å². The second-order valence-electron chi connectivity index (χ2n) is 6.04. The number of nitrogens with zero attached hydrogens (tertiary/aromatic N) is 2. The molecule has 1 aliphatic rings. The SMILES string of the molecule is Cn1cc(-c2cccs2)nc1CCNC(=O)C1COc2ccccc2O1. The molecule has 1 aliphatic heterocycles. The van der Waals surface area contributed by atoms with Gasteiger partial charge in [-0.05, 0) is 23.6 Å². The van der Waals surface area contributed by atoms with Crippen LogP contribution in [0.2, 0.25) is 0 Å². The number of thiophene rings is 1. The molecule has 1 atom stereocenters. The van der Waals surface area contributed by atoms with Gasteiger partial charge in [-0.3, -0.25) is 4.79 Å². The van der Waals surface area contributed by atoms with Gasteiger partial charge in [0.1, 0.15) is 12.4 Å². The Bertz CT molecular complexity index is 905. The van der Waals surface area contributed by atoms with Gasteiger partial charge in [0.2, 0.25) is 6.10 Å². The lowest BCUT2D eigenvalue weighted by molar-refractivity contribution is -0.130. The first-order valence-corrected chi connectivity index (χ1v) is 9.31. The smallest absolute Gasteiger partial charge is 0.264 e. The number of amides is 1. The topological polar surface area (TPSA) is 65.4 Å². The number of aromatic nitrogens is 2. The number of hydrogen-bond donors (Lipinski definition) is 1. The molecule has 1 unspecified atom stereocenters. The van der Waals surface area contributed by atoms with Crippen LogP contribution in [0, 0.1) is 0 Å². The Morgan fingerprint density at radius 3 is 2.96 bits per heavy atom. The van der Waals surface area contributed by atoms with Gasteiger partial charge in [-0.25, -0.2) is 4.98 Å². The number of ether oxygens (including phenoxy) is 2. The highest BCUT2D eigenvalue weighted by Crippen LogP contribution is 2.30. The molecule has 3 aromatic rings. The Morgan fingerprint density at radius 2 is 2.15 bits per heavy atom. The van der Waals surface area contributed by atoms with Crippen LogP contribution >= 0.6 is 11.3 Å².